The first-order valence-electron chi connectivity index (χ1n) is 9.71. The second-order valence-corrected chi connectivity index (χ2v) is 6.76. The Morgan fingerprint density at radius 3 is 1.47 bits per heavy atom. The third-order valence-corrected chi connectivity index (χ3v) is 4.55. The Hall–Kier alpha value is -4.72. The summed E-state index contributed by atoms with van der Waals surface area (Å²) < 4.78 is 0. The van der Waals surface area contributed by atoms with Gasteiger partial charge in [0.15, 0.2) is 11.6 Å². The minimum atomic E-state index is 0.483. The van der Waals surface area contributed by atoms with Crippen LogP contribution < -0.4 is 10.9 Å². The smallest absolute Gasteiger partial charge is 0.176 e. The molecular formula is C24H18N6O2. The van der Waals surface area contributed by atoms with Crippen molar-refractivity contribution in [2.24, 2.45) is 10.2 Å². The largest absolute Gasteiger partial charge is 0.298 e. The fourth-order valence-corrected chi connectivity index (χ4v) is 3.03. The first-order chi connectivity index (χ1) is 15.8. The number of anilines is 2. The summed E-state index contributed by atoms with van der Waals surface area (Å²) >= 11 is 0. The van der Waals surface area contributed by atoms with Crippen molar-refractivity contribution in [3.05, 3.63) is 95.1 Å². The van der Waals surface area contributed by atoms with Crippen molar-refractivity contribution in [3.63, 3.8) is 0 Å². The molecule has 0 spiro atoms. The number of nitrogens with zero attached hydrogens (tertiary/aromatic N) is 4. The molecule has 0 aliphatic carbocycles. The number of rotatable bonds is 8. The van der Waals surface area contributed by atoms with Gasteiger partial charge in [0.25, 0.3) is 0 Å². The lowest BCUT2D eigenvalue weighted by atomic mass is 10.1. The first-order valence-corrected chi connectivity index (χ1v) is 9.71. The van der Waals surface area contributed by atoms with E-state index in [1.165, 1.54) is 0 Å². The molecule has 32 heavy (non-hydrogen) atoms. The summed E-state index contributed by atoms with van der Waals surface area (Å²) in [5.74, 6) is 0.966. The zero-order valence-corrected chi connectivity index (χ0v) is 16.8. The Kier molecular flexibility index (Phi) is 6.33. The van der Waals surface area contributed by atoms with E-state index >= 15 is 0 Å². The quantitative estimate of drug-likeness (QED) is 0.251. The lowest BCUT2D eigenvalue weighted by molar-refractivity contribution is 0.111. The Morgan fingerprint density at radius 1 is 0.594 bits per heavy atom. The van der Waals surface area contributed by atoms with Crippen molar-refractivity contribution in [1.29, 1.82) is 0 Å². The lowest BCUT2D eigenvalue weighted by Gasteiger charge is -2.08. The van der Waals surface area contributed by atoms with Gasteiger partial charge in [-0.3, -0.25) is 20.4 Å². The van der Waals surface area contributed by atoms with Crippen molar-refractivity contribution in [2.45, 2.75) is 0 Å². The summed E-state index contributed by atoms with van der Waals surface area (Å²) in [5.41, 5.74) is 8.53. The van der Waals surface area contributed by atoms with Crippen molar-refractivity contribution >= 4 is 47.4 Å². The molecular weight excluding hydrogens is 404 g/mol. The van der Waals surface area contributed by atoms with E-state index in [1.807, 2.05) is 36.4 Å². The monoisotopic (exact) mass is 422 g/mol. The minimum Gasteiger partial charge on any atom is -0.298 e. The number of carbonyl (C=O) groups is 2. The van der Waals surface area contributed by atoms with E-state index < -0.39 is 0 Å². The standard InChI is InChI=1S/C24H18N6O2/c31-15-19-7-3-5-17(11-19)13-25-27-23-21-9-1-2-10-22(21)24(30-29-23)28-26-14-18-6-4-8-20(12-18)16-32/h1-16H,(H,27,29)(H,28,30)/b25-13-,26-14-. The Bertz CT molecular complexity index is 1230. The van der Waals surface area contributed by atoms with Gasteiger partial charge in [-0.2, -0.15) is 10.2 Å². The van der Waals surface area contributed by atoms with Crippen LogP contribution >= 0.6 is 0 Å². The molecule has 0 aliphatic heterocycles. The SMILES string of the molecule is O=Cc1cccc(/C=N\Nc2nnc(N/N=C\c3cccc(C=O)c3)c3ccccc23)c1. The van der Waals surface area contributed by atoms with E-state index in [2.05, 4.69) is 31.3 Å². The van der Waals surface area contributed by atoms with E-state index in [0.29, 0.717) is 22.8 Å². The highest BCUT2D eigenvalue weighted by Crippen LogP contribution is 2.25. The molecule has 3 aromatic carbocycles. The van der Waals surface area contributed by atoms with Gasteiger partial charge in [0.05, 0.1) is 12.4 Å². The summed E-state index contributed by atoms with van der Waals surface area (Å²) in [7, 11) is 0. The third-order valence-electron chi connectivity index (χ3n) is 4.55. The van der Waals surface area contributed by atoms with Gasteiger partial charge in [-0.15, -0.1) is 10.2 Å². The van der Waals surface area contributed by atoms with E-state index in [0.717, 1.165) is 34.5 Å². The normalized spacial score (nSPS) is 11.1. The average molecular weight is 422 g/mol. The fourth-order valence-electron chi connectivity index (χ4n) is 3.03. The van der Waals surface area contributed by atoms with Gasteiger partial charge < -0.3 is 0 Å². The molecule has 0 unspecified atom stereocenters. The molecule has 1 heterocycles. The highest BCUT2D eigenvalue weighted by Gasteiger charge is 2.08. The van der Waals surface area contributed by atoms with Gasteiger partial charge in [0.1, 0.15) is 12.6 Å². The summed E-state index contributed by atoms with van der Waals surface area (Å²) in [6.45, 7) is 0. The van der Waals surface area contributed by atoms with E-state index in [-0.39, 0.29) is 0 Å². The van der Waals surface area contributed by atoms with Crippen LogP contribution in [0, 0.1) is 0 Å². The lowest BCUT2D eigenvalue weighted by Crippen LogP contribution is -2.01. The van der Waals surface area contributed by atoms with Crippen molar-refractivity contribution < 1.29 is 9.59 Å². The maximum absolute atomic E-state index is 10.9. The number of carbonyl (C=O) groups excluding carboxylic acids is 2. The van der Waals surface area contributed by atoms with Crippen molar-refractivity contribution in [3.8, 4) is 0 Å². The molecule has 0 saturated heterocycles. The second kappa shape index (κ2) is 9.86. The minimum absolute atomic E-state index is 0.483. The molecule has 8 heteroatoms. The van der Waals surface area contributed by atoms with Gasteiger partial charge in [0.2, 0.25) is 0 Å². The highest BCUT2D eigenvalue weighted by atomic mass is 16.1. The maximum atomic E-state index is 10.9. The third kappa shape index (κ3) is 4.88. The van der Waals surface area contributed by atoms with Gasteiger partial charge >= 0.3 is 0 Å². The number of benzene rings is 3. The topological polar surface area (TPSA) is 109 Å². The maximum Gasteiger partial charge on any atom is 0.176 e. The summed E-state index contributed by atoms with van der Waals surface area (Å²) in [6.07, 6.45) is 4.79. The summed E-state index contributed by atoms with van der Waals surface area (Å²) in [6, 6.07) is 21.8. The van der Waals surface area contributed by atoms with Crippen LogP contribution in [0.1, 0.15) is 31.8 Å². The number of aldehydes is 2. The molecule has 0 amide bonds. The Morgan fingerprint density at radius 2 is 1.03 bits per heavy atom. The molecule has 1 aromatic heterocycles. The predicted octanol–water partition coefficient (Wildman–Crippen LogP) is 4.15. The van der Waals surface area contributed by atoms with Crippen LogP contribution in [0.2, 0.25) is 0 Å². The first kappa shape index (κ1) is 20.5. The van der Waals surface area contributed by atoms with Gasteiger partial charge in [-0.25, -0.2) is 0 Å². The number of hydrogen-bond acceptors (Lipinski definition) is 8. The Balaban J connectivity index is 1.53. The molecule has 2 N–H and O–H groups in total. The van der Waals surface area contributed by atoms with Crippen LogP contribution in [-0.4, -0.2) is 35.2 Å². The number of hydrogen-bond donors (Lipinski definition) is 2. The average Bonchev–Trinajstić information content (AvgIpc) is 2.85. The van der Waals surface area contributed by atoms with Gasteiger partial charge in [-0.05, 0) is 23.3 Å². The number of aromatic nitrogens is 2. The van der Waals surface area contributed by atoms with E-state index in [1.54, 1.807) is 48.8 Å². The number of fused-ring (bicyclic) bond motifs is 1. The second-order valence-electron chi connectivity index (χ2n) is 6.76. The van der Waals surface area contributed by atoms with Crippen LogP contribution in [0.4, 0.5) is 11.6 Å². The van der Waals surface area contributed by atoms with Gasteiger partial charge in [-0.1, -0.05) is 60.7 Å². The van der Waals surface area contributed by atoms with E-state index in [4.69, 9.17) is 0 Å². The molecule has 0 radical (unpaired) electrons. The Labute approximate surface area is 183 Å². The molecule has 4 aromatic rings. The van der Waals surface area contributed by atoms with Crippen LogP contribution in [0.15, 0.2) is 83.0 Å². The summed E-state index contributed by atoms with van der Waals surface area (Å²) in [4.78, 5) is 21.8. The number of nitrogens with one attached hydrogen (secondary N) is 2. The zero-order valence-electron chi connectivity index (χ0n) is 16.8. The van der Waals surface area contributed by atoms with Gasteiger partial charge in [0, 0.05) is 21.9 Å². The zero-order chi connectivity index (χ0) is 22.2. The number of hydrazone groups is 2. The molecule has 0 bridgehead atoms. The fraction of sp³-hybridized carbons (Fsp3) is 0. The molecule has 0 saturated carbocycles. The van der Waals surface area contributed by atoms with Crippen LogP contribution in [-0.2, 0) is 0 Å². The van der Waals surface area contributed by atoms with Crippen LogP contribution in [0.5, 0.6) is 0 Å². The van der Waals surface area contributed by atoms with Crippen molar-refractivity contribution in [1.82, 2.24) is 10.2 Å². The molecule has 4 rings (SSSR count). The van der Waals surface area contributed by atoms with Crippen LogP contribution in [0.25, 0.3) is 10.8 Å². The molecule has 8 nitrogen and oxygen atoms in total. The molecule has 0 aliphatic rings. The van der Waals surface area contributed by atoms with Crippen molar-refractivity contribution in [2.75, 3.05) is 10.9 Å². The molecule has 0 atom stereocenters. The molecule has 0 fully saturated rings. The predicted molar refractivity (Wildman–Crippen MR) is 126 cm³/mol. The molecule has 156 valence electrons. The van der Waals surface area contributed by atoms with E-state index in [9.17, 15) is 9.59 Å². The highest BCUT2D eigenvalue weighted by molar-refractivity contribution is 5.98. The van der Waals surface area contributed by atoms with Crippen LogP contribution in [0.3, 0.4) is 0 Å². The summed E-state index contributed by atoms with van der Waals surface area (Å²) in [5, 5.41) is 18.5.